The Labute approximate surface area is 113 Å². The van der Waals surface area contributed by atoms with Gasteiger partial charge in [-0.25, -0.2) is 0 Å². The van der Waals surface area contributed by atoms with Crippen LogP contribution in [0.5, 0.6) is 0 Å². The molecule has 0 amide bonds. The zero-order valence-electron chi connectivity index (χ0n) is 12.6. The van der Waals surface area contributed by atoms with Crippen molar-refractivity contribution in [1.82, 2.24) is 0 Å². The maximum Gasteiger partial charge on any atom is 0.0704 e. The average Bonchev–Trinajstić information content (AvgIpc) is 2.71. The van der Waals surface area contributed by atoms with Gasteiger partial charge in [0, 0.05) is 7.11 Å². The molecule has 3 unspecified atom stereocenters. The van der Waals surface area contributed by atoms with Crippen molar-refractivity contribution in [3.05, 3.63) is 12.7 Å². The van der Waals surface area contributed by atoms with E-state index in [4.69, 9.17) is 9.47 Å². The molecular formula is C16H30O2. The standard InChI is InChI=1S/C16H30O2/c1-6-8-13-9-7-10-14(13)15(16(2,3)4)18-12-11-17-5/h6,13-15H,1,7-12H2,2-5H3. The molecule has 1 rings (SSSR count). The van der Waals surface area contributed by atoms with Crippen LogP contribution in [0, 0.1) is 17.3 Å². The summed E-state index contributed by atoms with van der Waals surface area (Å²) in [6.45, 7) is 12.1. The second kappa shape index (κ2) is 7.30. The third kappa shape index (κ3) is 4.40. The van der Waals surface area contributed by atoms with Crippen LogP contribution in [0.25, 0.3) is 0 Å². The fourth-order valence-electron chi connectivity index (χ4n) is 3.25. The Balaban J connectivity index is 2.66. The summed E-state index contributed by atoms with van der Waals surface area (Å²) in [5.41, 5.74) is 0.197. The van der Waals surface area contributed by atoms with Crippen LogP contribution < -0.4 is 0 Å². The Morgan fingerprint density at radius 1 is 1.28 bits per heavy atom. The summed E-state index contributed by atoms with van der Waals surface area (Å²) >= 11 is 0. The van der Waals surface area contributed by atoms with E-state index >= 15 is 0 Å². The maximum absolute atomic E-state index is 6.15. The summed E-state index contributed by atoms with van der Waals surface area (Å²) in [5.74, 6) is 1.44. The zero-order valence-corrected chi connectivity index (χ0v) is 12.6. The largest absolute Gasteiger partial charge is 0.382 e. The van der Waals surface area contributed by atoms with Crippen LogP contribution in [0.1, 0.15) is 46.5 Å². The highest BCUT2D eigenvalue weighted by Gasteiger charge is 2.39. The van der Waals surface area contributed by atoms with Crippen molar-refractivity contribution in [2.24, 2.45) is 17.3 Å². The van der Waals surface area contributed by atoms with Crippen LogP contribution in [0.2, 0.25) is 0 Å². The molecule has 0 saturated heterocycles. The highest BCUT2D eigenvalue weighted by atomic mass is 16.5. The van der Waals surface area contributed by atoms with Gasteiger partial charge >= 0.3 is 0 Å². The molecule has 106 valence electrons. The first-order chi connectivity index (χ1) is 8.50. The van der Waals surface area contributed by atoms with E-state index in [0.29, 0.717) is 25.2 Å². The SMILES string of the molecule is C=CCC1CCCC1C(OCCOC)C(C)(C)C. The van der Waals surface area contributed by atoms with Gasteiger partial charge in [-0.05, 0) is 36.5 Å². The monoisotopic (exact) mass is 254 g/mol. The van der Waals surface area contributed by atoms with Crippen molar-refractivity contribution in [2.75, 3.05) is 20.3 Å². The Bertz CT molecular complexity index is 242. The average molecular weight is 254 g/mol. The highest BCUT2D eigenvalue weighted by molar-refractivity contribution is 4.91. The first-order valence-electron chi connectivity index (χ1n) is 7.22. The van der Waals surface area contributed by atoms with Gasteiger partial charge in [-0.3, -0.25) is 0 Å². The van der Waals surface area contributed by atoms with Crippen LogP contribution in [0.15, 0.2) is 12.7 Å². The minimum atomic E-state index is 0.197. The van der Waals surface area contributed by atoms with Crippen molar-refractivity contribution in [3.8, 4) is 0 Å². The molecule has 1 saturated carbocycles. The maximum atomic E-state index is 6.15. The van der Waals surface area contributed by atoms with E-state index in [1.807, 2.05) is 0 Å². The van der Waals surface area contributed by atoms with Crippen molar-refractivity contribution in [1.29, 1.82) is 0 Å². The highest BCUT2D eigenvalue weighted by Crippen LogP contribution is 2.43. The van der Waals surface area contributed by atoms with Gasteiger partial charge in [0.2, 0.25) is 0 Å². The molecule has 2 heteroatoms. The van der Waals surface area contributed by atoms with Crippen LogP contribution in [0.4, 0.5) is 0 Å². The Morgan fingerprint density at radius 3 is 2.56 bits per heavy atom. The molecule has 18 heavy (non-hydrogen) atoms. The molecule has 0 bridgehead atoms. The molecule has 2 nitrogen and oxygen atoms in total. The molecule has 0 aromatic carbocycles. The second-order valence-corrected chi connectivity index (χ2v) is 6.53. The fraction of sp³-hybridized carbons (Fsp3) is 0.875. The predicted molar refractivity (Wildman–Crippen MR) is 76.7 cm³/mol. The Morgan fingerprint density at radius 2 is 2.00 bits per heavy atom. The summed E-state index contributed by atoms with van der Waals surface area (Å²) < 4.78 is 11.2. The number of allylic oxidation sites excluding steroid dienone is 1. The minimum absolute atomic E-state index is 0.197. The molecule has 0 aromatic rings. The van der Waals surface area contributed by atoms with Gasteiger partial charge in [0.25, 0.3) is 0 Å². The van der Waals surface area contributed by atoms with Crippen LogP contribution in [-0.4, -0.2) is 26.4 Å². The minimum Gasteiger partial charge on any atom is -0.382 e. The number of hydrogen-bond donors (Lipinski definition) is 0. The van der Waals surface area contributed by atoms with E-state index in [9.17, 15) is 0 Å². The van der Waals surface area contributed by atoms with Crippen LogP contribution in [0.3, 0.4) is 0 Å². The van der Waals surface area contributed by atoms with Gasteiger partial charge in [0.15, 0.2) is 0 Å². The van der Waals surface area contributed by atoms with E-state index in [1.54, 1.807) is 7.11 Å². The number of hydrogen-bond acceptors (Lipinski definition) is 2. The number of methoxy groups -OCH3 is 1. The summed E-state index contributed by atoms with van der Waals surface area (Å²) in [4.78, 5) is 0. The van der Waals surface area contributed by atoms with Gasteiger partial charge in [0.1, 0.15) is 0 Å². The van der Waals surface area contributed by atoms with Gasteiger partial charge in [-0.2, -0.15) is 0 Å². The lowest BCUT2D eigenvalue weighted by molar-refractivity contribution is -0.0773. The van der Waals surface area contributed by atoms with E-state index in [2.05, 4.69) is 33.4 Å². The topological polar surface area (TPSA) is 18.5 Å². The lowest BCUT2D eigenvalue weighted by Gasteiger charge is -2.38. The molecule has 0 heterocycles. The first-order valence-corrected chi connectivity index (χ1v) is 7.22. The van der Waals surface area contributed by atoms with Crippen molar-refractivity contribution < 1.29 is 9.47 Å². The molecule has 1 fully saturated rings. The molecular weight excluding hydrogens is 224 g/mol. The van der Waals surface area contributed by atoms with Gasteiger partial charge in [-0.1, -0.05) is 33.3 Å². The number of rotatable bonds is 7. The Hall–Kier alpha value is -0.340. The number of ether oxygens (including phenoxy) is 2. The summed E-state index contributed by atoms with van der Waals surface area (Å²) in [6, 6.07) is 0. The van der Waals surface area contributed by atoms with Crippen molar-refractivity contribution >= 4 is 0 Å². The molecule has 0 spiro atoms. The molecule has 1 aliphatic rings. The van der Waals surface area contributed by atoms with Gasteiger partial charge in [0.05, 0.1) is 19.3 Å². The van der Waals surface area contributed by atoms with Crippen molar-refractivity contribution in [2.45, 2.75) is 52.6 Å². The normalized spacial score (nSPS) is 26.2. The molecule has 0 aliphatic heterocycles. The molecule has 3 atom stereocenters. The van der Waals surface area contributed by atoms with Gasteiger partial charge < -0.3 is 9.47 Å². The van der Waals surface area contributed by atoms with Crippen LogP contribution in [-0.2, 0) is 9.47 Å². The Kier molecular flexibility index (Phi) is 6.37. The molecule has 1 aliphatic carbocycles. The smallest absolute Gasteiger partial charge is 0.0704 e. The summed E-state index contributed by atoms with van der Waals surface area (Å²) in [7, 11) is 1.73. The summed E-state index contributed by atoms with van der Waals surface area (Å²) in [5, 5.41) is 0. The van der Waals surface area contributed by atoms with Crippen LogP contribution >= 0.6 is 0 Å². The zero-order chi connectivity index (χ0) is 13.6. The van der Waals surface area contributed by atoms with Crippen molar-refractivity contribution in [3.63, 3.8) is 0 Å². The van der Waals surface area contributed by atoms with E-state index in [1.165, 1.54) is 19.3 Å². The molecule has 0 aromatic heterocycles. The first kappa shape index (κ1) is 15.7. The second-order valence-electron chi connectivity index (χ2n) is 6.53. The lowest BCUT2D eigenvalue weighted by atomic mass is 9.76. The lowest BCUT2D eigenvalue weighted by Crippen LogP contribution is -2.39. The molecule has 0 N–H and O–H groups in total. The summed E-state index contributed by atoms with van der Waals surface area (Å²) in [6.07, 6.45) is 7.50. The van der Waals surface area contributed by atoms with Gasteiger partial charge in [-0.15, -0.1) is 6.58 Å². The molecule has 0 radical (unpaired) electrons. The van der Waals surface area contributed by atoms with E-state index < -0.39 is 0 Å². The van der Waals surface area contributed by atoms with E-state index in [-0.39, 0.29) is 5.41 Å². The third-order valence-corrected chi connectivity index (χ3v) is 4.01. The predicted octanol–water partition coefficient (Wildman–Crippen LogP) is 4.06. The van der Waals surface area contributed by atoms with E-state index in [0.717, 1.165) is 12.3 Å². The quantitative estimate of drug-likeness (QED) is 0.504. The third-order valence-electron chi connectivity index (χ3n) is 4.01. The fourth-order valence-corrected chi connectivity index (χ4v) is 3.25.